The van der Waals surface area contributed by atoms with Crippen LogP contribution in [0.1, 0.15) is 12.0 Å². The number of anilines is 1. The van der Waals surface area contributed by atoms with Gasteiger partial charge in [-0.1, -0.05) is 6.07 Å². The number of carbonyl (C=O) groups is 2. The first kappa shape index (κ1) is 24.5. The highest BCUT2D eigenvalue weighted by atomic mass is 32.2. The maximum absolute atomic E-state index is 13.2. The monoisotopic (exact) mass is 526 g/mol. The molecule has 36 heavy (non-hydrogen) atoms. The van der Waals surface area contributed by atoms with Crippen molar-refractivity contribution in [2.75, 3.05) is 44.3 Å². The number of fused-ring (bicyclic) bond motifs is 1. The molecular weight excluding hydrogens is 503 g/mol. The molecule has 2 aromatic rings. The summed E-state index contributed by atoms with van der Waals surface area (Å²) >= 11 is 0. The zero-order chi connectivity index (χ0) is 25.7. The van der Waals surface area contributed by atoms with Gasteiger partial charge in [-0.2, -0.15) is 17.5 Å². The van der Waals surface area contributed by atoms with E-state index in [0.717, 1.165) is 28.0 Å². The lowest BCUT2D eigenvalue weighted by molar-refractivity contribution is -0.918. The lowest BCUT2D eigenvalue weighted by atomic mass is 10.1. The smallest absolute Gasteiger partial charge is 0.416 e. The van der Waals surface area contributed by atoms with E-state index in [4.69, 9.17) is 9.47 Å². The minimum absolute atomic E-state index is 0.0676. The molecule has 0 saturated carbocycles. The summed E-state index contributed by atoms with van der Waals surface area (Å²) in [6, 6.07) is 7.74. The zero-order valence-electron chi connectivity index (χ0n) is 19.0. The van der Waals surface area contributed by atoms with Crippen molar-refractivity contribution in [3.63, 3.8) is 0 Å². The predicted octanol–water partition coefficient (Wildman–Crippen LogP) is 0.698. The Hall–Kier alpha value is -3.16. The van der Waals surface area contributed by atoms with Crippen LogP contribution in [-0.4, -0.2) is 70.0 Å². The number of nitrogens with one attached hydrogen (secondary N) is 1. The summed E-state index contributed by atoms with van der Waals surface area (Å²) < 4.78 is 77.8. The Kier molecular flexibility index (Phi) is 6.17. The van der Waals surface area contributed by atoms with Crippen LogP contribution in [0.5, 0.6) is 11.5 Å². The first-order valence-corrected chi connectivity index (χ1v) is 12.8. The highest BCUT2D eigenvalue weighted by Gasteiger charge is 2.47. The molecular formula is C23H23F3N3O6S+. The van der Waals surface area contributed by atoms with Gasteiger partial charge in [-0.3, -0.25) is 9.59 Å². The number of imide groups is 1. The van der Waals surface area contributed by atoms with Gasteiger partial charge in [0.1, 0.15) is 13.2 Å². The molecule has 2 aromatic carbocycles. The second kappa shape index (κ2) is 9.05. The highest BCUT2D eigenvalue weighted by molar-refractivity contribution is 7.89. The Bertz CT molecular complexity index is 1310. The minimum Gasteiger partial charge on any atom is -0.486 e. The average molecular weight is 527 g/mol. The molecule has 1 atom stereocenters. The van der Waals surface area contributed by atoms with Crippen LogP contribution in [0.25, 0.3) is 0 Å². The SMILES string of the molecule is O=C1C[C@@H]([NH+]2CCN(S(=O)(=O)c3ccc4c(c3)OCCO4)CC2)C(=O)N1c1cccc(C(F)(F)F)c1. The Morgan fingerprint density at radius 2 is 1.64 bits per heavy atom. The average Bonchev–Trinajstić information content (AvgIpc) is 3.17. The van der Waals surface area contributed by atoms with E-state index in [-0.39, 0.29) is 43.2 Å². The van der Waals surface area contributed by atoms with Crippen LogP contribution in [0.3, 0.4) is 0 Å². The molecule has 0 bridgehead atoms. The molecule has 9 nitrogen and oxygen atoms in total. The topological polar surface area (TPSA) is 97.7 Å². The largest absolute Gasteiger partial charge is 0.486 e. The van der Waals surface area contributed by atoms with E-state index in [1.165, 1.54) is 22.5 Å². The highest BCUT2D eigenvalue weighted by Crippen LogP contribution is 2.34. The summed E-state index contributed by atoms with van der Waals surface area (Å²) in [7, 11) is -3.82. The van der Waals surface area contributed by atoms with Crippen LogP contribution in [0, 0.1) is 0 Å². The molecule has 0 unspecified atom stereocenters. The molecule has 2 saturated heterocycles. The zero-order valence-corrected chi connectivity index (χ0v) is 19.8. The van der Waals surface area contributed by atoms with Crippen molar-refractivity contribution in [1.82, 2.24) is 4.31 Å². The van der Waals surface area contributed by atoms with E-state index in [9.17, 15) is 31.2 Å². The molecule has 192 valence electrons. The number of benzene rings is 2. The maximum Gasteiger partial charge on any atom is 0.416 e. The van der Waals surface area contributed by atoms with Gasteiger partial charge in [-0.25, -0.2) is 13.3 Å². The van der Waals surface area contributed by atoms with E-state index in [0.29, 0.717) is 24.7 Å². The number of quaternary nitrogens is 1. The van der Waals surface area contributed by atoms with Crippen molar-refractivity contribution < 1.29 is 45.6 Å². The molecule has 0 spiro atoms. The van der Waals surface area contributed by atoms with Crippen LogP contribution in [0.15, 0.2) is 47.4 Å². The summed E-state index contributed by atoms with van der Waals surface area (Å²) in [4.78, 5) is 27.2. The number of alkyl halides is 3. The van der Waals surface area contributed by atoms with Gasteiger partial charge in [0.05, 0.1) is 48.7 Å². The van der Waals surface area contributed by atoms with Gasteiger partial charge in [-0.05, 0) is 30.3 Å². The lowest BCUT2D eigenvalue weighted by Crippen LogP contribution is -3.19. The number of hydrogen-bond donors (Lipinski definition) is 1. The van der Waals surface area contributed by atoms with Crippen molar-refractivity contribution in [3.8, 4) is 11.5 Å². The van der Waals surface area contributed by atoms with Crippen molar-refractivity contribution >= 4 is 27.5 Å². The Balaban J connectivity index is 1.27. The predicted molar refractivity (Wildman–Crippen MR) is 119 cm³/mol. The van der Waals surface area contributed by atoms with Crippen LogP contribution >= 0.6 is 0 Å². The normalized spacial score (nSPS) is 21.8. The van der Waals surface area contributed by atoms with Gasteiger partial charge in [0.15, 0.2) is 17.5 Å². The second-order valence-electron chi connectivity index (χ2n) is 8.74. The fourth-order valence-corrected chi connectivity index (χ4v) is 6.20. The van der Waals surface area contributed by atoms with Gasteiger partial charge in [0, 0.05) is 6.07 Å². The van der Waals surface area contributed by atoms with Gasteiger partial charge in [0.25, 0.3) is 5.91 Å². The number of nitrogens with zero attached hydrogens (tertiary/aromatic N) is 2. The number of halogens is 3. The van der Waals surface area contributed by atoms with Crippen molar-refractivity contribution in [2.45, 2.75) is 23.5 Å². The summed E-state index contributed by atoms with van der Waals surface area (Å²) in [6.45, 7) is 1.48. The number of carbonyl (C=O) groups excluding carboxylic acids is 2. The van der Waals surface area contributed by atoms with Gasteiger partial charge in [-0.15, -0.1) is 0 Å². The molecule has 2 amide bonds. The molecule has 0 aromatic heterocycles. The standard InChI is InChI=1S/C23H22F3N3O6S/c24-23(25,26)15-2-1-3-16(12-15)29-21(30)14-18(22(29)31)27-6-8-28(9-7-27)36(32,33)17-4-5-19-20(13-17)35-11-10-34-19/h1-5,12-13,18H,6-11,14H2/p+1/t18-/m1/s1. The van der Waals surface area contributed by atoms with E-state index in [1.807, 2.05) is 0 Å². The Morgan fingerprint density at radius 3 is 2.33 bits per heavy atom. The van der Waals surface area contributed by atoms with Crippen LogP contribution in [0.2, 0.25) is 0 Å². The van der Waals surface area contributed by atoms with Gasteiger partial charge >= 0.3 is 6.18 Å². The van der Waals surface area contributed by atoms with Crippen LogP contribution in [0.4, 0.5) is 18.9 Å². The number of amides is 2. The molecule has 0 aliphatic carbocycles. The molecule has 0 radical (unpaired) electrons. The third-order valence-corrected chi connectivity index (χ3v) is 8.48. The number of rotatable bonds is 4. The van der Waals surface area contributed by atoms with E-state index < -0.39 is 39.6 Å². The minimum atomic E-state index is -4.61. The first-order chi connectivity index (χ1) is 17.1. The summed E-state index contributed by atoms with van der Waals surface area (Å²) in [5.41, 5.74) is -1.07. The molecule has 1 N–H and O–H groups in total. The van der Waals surface area contributed by atoms with E-state index in [2.05, 4.69) is 0 Å². The first-order valence-electron chi connectivity index (χ1n) is 11.3. The van der Waals surface area contributed by atoms with Crippen molar-refractivity contribution in [2.24, 2.45) is 0 Å². The van der Waals surface area contributed by atoms with Crippen molar-refractivity contribution in [3.05, 3.63) is 48.0 Å². The third-order valence-electron chi connectivity index (χ3n) is 6.59. The molecule has 2 fully saturated rings. The summed E-state index contributed by atoms with van der Waals surface area (Å²) in [6.07, 6.45) is -4.76. The maximum atomic E-state index is 13.2. The molecule has 3 aliphatic rings. The van der Waals surface area contributed by atoms with Crippen LogP contribution in [-0.2, 0) is 25.8 Å². The third kappa shape index (κ3) is 4.42. The Morgan fingerprint density at radius 1 is 0.944 bits per heavy atom. The van der Waals surface area contributed by atoms with E-state index in [1.54, 1.807) is 6.07 Å². The van der Waals surface area contributed by atoms with Gasteiger partial charge < -0.3 is 14.4 Å². The van der Waals surface area contributed by atoms with Gasteiger partial charge in [0.2, 0.25) is 15.9 Å². The fraction of sp³-hybridized carbons (Fsp3) is 0.391. The quantitative estimate of drug-likeness (QED) is 0.590. The summed E-state index contributed by atoms with van der Waals surface area (Å²) in [5, 5.41) is 0. The second-order valence-corrected chi connectivity index (χ2v) is 10.7. The van der Waals surface area contributed by atoms with Crippen molar-refractivity contribution in [1.29, 1.82) is 0 Å². The Labute approximate surface area is 205 Å². The molecule has 5 rings (SSSR count). The number of piperazine rings is 1. The molecule has 13 heteroatoms. The lowest BCUT2D eigenvalue weighted by Gasteiger charge is -2.33. The molecule has 3 heterocycles. The van der Waals surface area contributed by atoms with E-state index >= 15 is 0 Å². The number of sulfonamides is 1. The molecule has 3 aliphatic heterocycles. The number of ether oxygens (including phenoxy) is 2. The van der Waals surface area contributed by atoms with Crippen LogP contribution < -0.4 is 19.3 Å². The summed E-state index contributed by atoms with van der Waals surface area (Å²) in [5.74, 6) is -0.332. The fourth-order valence-electron chi connectivity index (χ4n) is 4.74. The number of hydrogen-bond acceptors (Lipinski definition) is 6.